The molecule has 4 rings (SSSR count). The SMILES string of the molecule is Cc1ccc(C(=O)NNC(=O)CSc2nc(C)nc3sc4c(c23)CCC(C)C4)cc1. The van der Waals surface area contributed by atoms with Gasteiger partial charge in [0.25, 0.3) is 5.91 Å². The maximum atomic E-state index is 12.3. The largest absolute Gasteiger partial charge is 0.272 e. The highest BCUT2D eigenvalue weighted by atomic mass is 32.2. The third-order valence-electron chi connectivity index (χ3n) is 5.20. The van der Waals surface area contributed by atoms with Crippen molar-refractivity contribution in [1.29, 1.82) is 0 Å². The Morgan fingerprint density at radius 2 is 1.93 bits per heavy atom. The zero-order valence-corrected chi connectivity index (χ0v) is 18.9. The zero-order chi connectivity index (χ0) is 21.3. The van der Waals surface area contributed by atoms with Crippen LogP contribution in [0.4, 0.5) is 0 Å². The van der Waals surface area contributed by atoms with Gasteiger partial charge in [0.1, 0.15) is 15.7 Å². The summed E-state index contributed by atoms with van der Waals surface area (Å²) in [5.41, 5.74) is 7.88. The van der Waals surface area contributed by atoms with Crippen molar-refractivity contribution in [3.05, 3.63) is 51.7 Å². The number of thiophene rings is 1. The highest BCUT2D eigenvalue weighted by Crippen LogP contribution is 2.40. The number of fused-ring (bicyclic) bond motifs is 3. The molecule has 30 heavy (non-hydrogen) atoms. The molecule has 0 bridgehead atoms. The first-order valence-corrected chi connectivity index (χ1v) is 11.8. The first-order valence-electron chi connectivity index (χ1n) is 9.98. The van der Waals surface area contributed by atoms with Crippen LogP contribution in [0.15, 0.2) is 29.3 Å². The van der Waals surface area contributed by atoms with Crippen LogP contribution < -0.4 is 10.9 Å². The maximum Gasteiger partial charge on any atom is 0.269 e. The predicted molar refractivity (Wildman–Crippen MR) is 121 cm³/mol. The monoisotopic (exact) mass is 440 g/mol. The Morgan fingerprint density at radius 3 is 2.70 bits per heavy atom. The highest BCUT2D eigenvalue weighted by Gasteiger charge is 2.24. The van der Waals surface area contributed by atoms with Gasteiger partial charge in [-0.2, -0.15) is 0 Å². The Kier molecular flexibility index (Phi) is 6.06. The predicted octanol–water partition coefficient (Wildman–Crippen LogP) is 3.99. The van der Waals surface area contributed by atoms with Gasteiger partial charge in [0.15, 0.2) is 0 Å². The van der Waals surface area contributed by atoms with E-state index >= 15 is 0 Å². The molecule has 8 heteroatoms. The number of amides is 2. The molecule has 1 unspecified atom stereocenters. The van der Waals surface area contributed by atoms with Gasteiger partial charge in [-0.1, -0.05) is 36.4 Å². The number of carbonyl (C=O) groups is 2. The lowest BCUT2D eigenvalue weighted by Gasteiger charge is -2.18. The summed E-state index contributed by atoms with van der Waals surface area (Å²) in [6.45, 7) is 6.12. The van der Waals surface area contributed by atoms with E-state index < -0.39 is 0 Å². The molecular formula is C22H24N4O2S2. The van der Waals surface area contributed by atoms with Gasteiger partial charge in [-0.3, -0.25) is 20.4 Å². The van der Waals surface area contributed by atoms with E-state index in [9.17, 15) is 9.59 Å². The number of rotatable bonds is 4. The fourth-order valence-electron chi connectivity index (χ4n) is 3.59. The van der Waals surface area contributed by atoms with Crippen LogP contribution in [-0.2, 0) is 17.6 Å². The summed E-state index contributed by atoms with van der Waals surface area (Å²) < 4.78 is 0. The van der Waals surface area contributed by atoms with Crippen LogP contribution in [-0.4, -0.2) is 27.5 Å². The topological polar surface area (TPSA) is 84.0 Å². The minimum atomic E-state index is -0.338. The summed E-state index contributed by atoms with van der Waals surface area (Å²) in [4.78, 5) is 36.1. The van der Waals surface area contributed by atoms with Gasteiger partial charge < -0.3 is 0 Å². The lowest BCUT2D eigenvalue weighted by molar-refractivity contribution is -0.119. The third-order valence-corrected chi connectivity index (χ3v) is 7.33. The maximum absolute atomic E-state index is 12.3. The number of hydrogen-bond donors (Lipinski definition) is 2. The lowest BCUT2D eigenvalue weighted by atomic mass is 9.89. The molecule has 2 amide bonds. The molecule has 0 radical (unpaired) electrons. The number of benzene rings is 1. The van der Waals surface area contributed by atoms with E-state index in [2.05, 4.69) is 27.7 Å². The van der Waals surface area contributed by atoms with Gasteiger partial charge in [-0.25, -0.2) is 9.97 Å². The van der Waals surface area contributed by atoms with Crippen molar-refractivity contribution in [2.75, 3.05) is 5.75 Å². The molecule has 3 aromatic rings. The van der Waals surface area contributed by atoms with Crippen LogP contribution in [0.25, 0.3) is 10.2 Å². The van der Waals surface area contributed by atoms with E-state index in [1.807, 2.05) is 26.0 Å². The molecule has 0 aliphatic heterocycles. The number of thioether (sulfide) groups is 1. The van der Waals surface area contributed by atoms with E-state index in [4.69, 9.17) is 0 Å². The highest BCUT2D eigenvalue weighted by molar-refractivity contribution is 8.00. The molecule has 2 N–H and O–H groups in total. The Labute approximate surface area is 183 Å². The summed E-state index contributed by atoms with van der Waals surface area (Å²) in [7, 11) is 0. The molecule has 1 atom stereocenters. The molecular weight excluding hydrogens is 416 g/mol. The standard InChI is InChI=1S/C22H24N4O2S2/c1-12-4-7-15(8-5-12)20(28)26-25-18(27)11-29-21-19-16-9-6-13(2)10-17(16)30-22(19)24-14(3)23-21/h4-5,7-8,13H,6,9-11H2,1-3H3,(H,25,27)(H,26,28). The van der Waals surface area contributed by atoms with E-state index in [0.29, 0.717) is 17.3 Å². The van der Waals surface area contributed by atoms with Crippen LogP contribution in [0, 0.1) is 19.8 Å². The van der Waals surface area contributed by atoms with Gasteiger partial charge >= 0.3 is 0 Å². The smallest absolute Gasteiger partial charge is 0.269 e. The summed E-state index contributed by atoms with van der Waals surface area (Å²) in [5.74, 6) is 0.960. The van der Waals surface area contributed by atoms with Crippen molar-refractivity contribution in [3.8, 4) is 0 Å². The molecule has 156 valence electrons. The van der Waals surface area contributed by atoms with Gasteiger partial charge in [0, 0.05) is 15.8 Å². The van der Waals surface area contributed by atoms with Gasteiger partial charge in [-0.05, 0) is 56.7 Å². The van der Waals surface area contributed by atoms with E-state index in [0.717, 1.165) is 33.6 Å². The molecule has 2 heterocycles. The summed E-state index contributed by atoms with van der Waals surface area (Å²) in [6.07, 6.45) is 3.29. The Balaban J connectivity index is 1.42. The van der Waals surface area contributed by atoms with Crippen molar-refractivity contribution >= 4 is 45.1 Å². The van der Waals surface area contributed by atoms with Crippen LogP contribution in [0.2, 0.25) is 0 Å². The Bertz CT molecular complexity index is 1110. The molecule has 1 aliphatic carbocycles. The van der Waals surface area contributed by atoms with Gasteiger partial charge in [-0.15, -0.1) is 11.3 Å². The van der Waals surface area contributed by atoms with E-state index in [1.165, 1.54) is 28.6 Å². The normalized spacial score (nSPS) is 15.6. The molecule has 0 saturated carbocycles. The summed E-state index contributed by atoms with van der Waals surface area (Å²) >= 11 is 3.15. The van der Waals surface area contributed by atoms with Crippen molar-refractivity contribution < 1.29 is 9.59 Å². The molecule has 0 saturated heterocycles. The fraction of sp³-hybridized carbons (Fsp3) is 0.364. The minimum absolute atomic E-state index is 0.167. The van der Waals surface area contributed by atoms with E-state index in [-0.39, 0.29) is 17.6 Å². The van der Waals surface area contributed by atoms with Gasteiger partial charge in [0.2, 0.25) is 5.91 Å². The second-order valence-corrected chi connectivity index (χ2v) is 9.81. The fourth-order valence-corrected chi connectivity index (χ4v) is 5.98. The van der Waals surface area contributed by atoms with Crippen LogP contribution in [0.5, 0.6) is 0 Å². The quantitative estimate of drug-likeness (QED) is 0.364. The molecule has 0 fully saturated rings. The first-order chi connectivity index (χ1) is 14.4. The zero-order valence-electron chi connectivity index (χ0n) is 17.2. The molecule has 0 spiro atoms. The average molecular weight is 441 g/mol. The summed E-state index contributed by atoms with van der Waals surface area (Å²) in [6, 6.07) is 7.17. The van der Waals surface area contributed by atoms with Crippen LogP contribution in [0.1, 0.15) is 45.5 Å². The lowest BCUT2D eigenvalue weighted by Crippen LogP contribution is -2.42. The van der Waals surface area contributed by atoms with Crippen molar-refractivity contribution in [2.24, 2.45) is 5.92 Å². The minimum Gasteiger partial charge on any atom is -0.272 e. The third kappa shape index (κ3) is 4.49. The van der Waals surface area contributed by atoms with Crippen LogP contribution in [0.3, 0.4) is 0 Å². The number of aromatic nitrogens is 2. The number of carbonyl (C=O) groups excluding carboxylic acids is 2. The average Bonchev–Trinajstić information content (AvgIpc) is 3.07. The Morgan fingerprint density at radius 1 is 1.17 bits per heavy atom. The number of hydrazine groups is 1. The van der Waals surface area contributed by atoms with Crippen molar-refractivity contribution in [3.63, 3.8) is 0 Å². The Hall–Kier alpha value is -2.45. The first kappa shape index (κ1) is 20.8. The molecule has 6 nitrogen and oxygen atoms in total. The second-order valence-electron chi connectivity index (χ2n) is 7.76. The van der Waals surface area contributed by atoms with Crippen molar-refractivity contribution in [2.45, 2.75) is 45.1 Å². The van der Waals surface area contributed by atoms with E-state index in [1.54, 1.807) is 23.5 Å². The van der Waals surface area contributed by atoms with Gasteiger partial charge in [0.05, 0.1) is 5.75 Å². The summed E-state index contributed by atoms with van der Waals surface area (Å²) in [5, 5.41) is 1.96. The van der Waals surface area contributed by atoms with Crippen molar-refractivity contribution in [1.82, 2.24) is 20.8 Å². The van der Waals surface area contributed by atoms with Crippen LogP contribution >= 0.6 is 23.1 Å². The molecule has 1 aromatic carbocycles. The molecule has 2 aromatic heterocycles. The number of aryl methyl sites for hydroxylation is 3. The second kappa shape index (κ2) is 8.73. The molecule has 1 aliphatic rings. The number of nitrogens with zero attached hydrogens (tertiary/aromatic N) is 2. The number of hydrogen-bond acceptors (Lipinski definition) is 6. The number of nitrogens with one attached hydrogen (secondary N) is 2.